The Hall–Kier alpha value is -2.82. The minimum absolute atomic E-state index is 0.128. The summed E-state index contributed by atoms with van der Waals surface area (Å²) < 4.78 is 11.1. The highest BCUT2D eigenvalue weighted by molar-refractivity contribution is 5.87. The largest absolute Gasteiger partial charge is 0.459 e. The van der Waals surface area contributed by atoms with Crippen LogP contribution >= 0.6 is 0 Å². The fourth-order valence-electron chi connectivity index (χ4n) is 3.93. The van der Waals surface area contributed by atoms with Crippen LogP contribution in [-0.4, -0.2) is 29.1 Å². The smallest absolute Gasteiger partial charge is 0.410 e. The van der Waals surface area contributed by atoms with Gasteiger partial charge in [-0.05, 0) is 62.3 Å². The molecule has 1 aliphatic heterocycles. The van der Waals surface area contributed by atoms with Crippen LogP contribution < -0.4 is 0 Å². The molecule has 0 atom stereocenters. The first-order valence-electron chi connectivity index (χ1n) is 10.6. The molecule has 0 radical (unpaired) electrons. The molecule has 0 saturated heterocycles. The standard InChI is InChI=1S/C25H29NO4/c1-24(2,3)30-22(27)25(12-13-25)21-10-9-20-16-26(14-11-19(20)15-21)23(28)29-17-18-7-5-4-6-8-18/h4-10,15H,11-14,16-17H2,1-3H3. The third-order valence-electron chi connectivity index (χ3n) is 5.77. The van der Waals surface area contributed by atoms with Gasteiger partial charge in [0.15, 0.2) is 0 Å². The van der Waals surface area contributed by atoms with Crippen LogP contribution in [0.3, 0.4) is 0 Å². The molecular weight excluding hydrogens is 378 g/mol. The number of nitrogens with zero attached hydrogens (tertiary/aromatic N) is 1. The molecule has 5 heteroatoms. The van der Waals surface area contributed by atoms with Gasteiger partial charge < -0.3 is 14.4 Å². The monoisotopic (exact) mass is 407 g/mol. The van der Waals surface area contributed by atoms with Crippen LogP contribution in [0.15, 0.2) is 48.5 Å². The zero-order chi connectivity index (χ0) is 21.4. The summed E-state index contributed by atoms with van der Waals surface area (Å²) in [6, 6.07) is 15.9. The van der Waals surface area contributed by atoms with Gasteiger partial charge in [0.25, 0.3) is 0 Å². The molecule has 1 heterocycles. The van der Waals surface area contributed by atoms with Crippen molar-refractivity contribution in [1.29, 1.82) is 0 Å². The van der Waals surface area contributed by atoms with Crippen molar-refractivity contribution in [2.45, 2.75) is 64.2 Å². The number of amides is 1. The van der Waals surface area contributed by atoms with E-state index < -0.39 is 11.0 Å². The zero-order valence-electron chi connectivity index (χ0n) is 17.9. The van der Waals surface area contributed by atoms with Crippen LogP contribution in [0.4, 0.5) is 4.79 Å². The quantitative estimate of drug-likeness (QED) is 0.686. The van der Waals surface area contributed by atoms with Crippen LogP contribution in [0, 0.1) is 0 Å². The lowest BCUT2D eigenvalue weighted by Crippen LogP contribution is -2.36. The fraction of sp³-hybridized carbons (Fsp3) is 0.440. The minimum Gasteiger partial charge on any atom is -0.459 e. The highest BCUT2D eigenvalue weighted by Crippen LogP contribution is 2.50. The van der Waals surface area contributed by atoms with E-state index in [1.165, 1.54) is 5.56 Å². The van der Waals surface area contributed by atoms with Crippen LogP contribution in [-0.2, 0) is 39.3 Å². The van der Waals surface area contributed by atoms with Crippen LogP contribution in [0.5, 0.6) is 0 Å². The average molecular weight is 408 g/mol. The summed E-state index contributed by atoms with van der Waals surface area (Å²) in [5, 5.41) is 0. The summed E-state index contributed by atoms with van der Waals surface area (Å²) in [5.41, 5.74) is 3.35. The Kier molecular flexibility index (Phi) is 5.31. The summed E-state index contributed by atoms with van der Waals surface area (Å²) >= 11 is 0. The Morgan fingerprint density at radius 2 is 1.77 bits per heavy atom. The van der Waals surface area contributed by atoms with Gasteiger partial charge in [0, 0.05) is 13.1 Å². The van der Waals surface area contributed by atoms with E-state index in [0.717, 1.165) is 36.0 Å². The van der Waals surface area contributed by atoms with Gasteiger partial charge in [-0.2, -0.15) is 0 Å². The molecule has 30 heavy (non-hydrogen) atoms. The molecule has 1 aliphatic carbocycles. The molecule has 0 N–H and O–H groups in total. The van der Waals surface area contributed by atoms with Gasteiger partial charge in [-0.3, -0.25) is 4.79 Å². The number of ether oxygens (including phenoxy) is 2. The third kappa shape index (κ3) is 4.35. The number of benzene rings is 2. The molecule has 0 bridgehead atoms. The number of rotatable bonds is 4. The number of fused-ring (bicyclic) bond motifs is 1. The van der Waals surface area contributed by atoms with Gasteiger partial charge in [-0.1, -0.05) is 48.5 Å². The Bertz CT molecular complexity index is 941. The SMILES string of the molecule is CC(C)(C)OC(=O)C1(c2ccc3c(c2)CCN(C(=O)OCc2ccccc2)C3)CC1. The van der Waals surface area contributed by atoms with E-state index in [1.807, 2.05) is 63.2 Å². The third-order valence-corrected chi connectivity index (χ3v) is 5.77. The van der Waals surface area contributed by atoms with E-state index in [4.69, 9.17) is 9.47 Å². The predicted octanol–water partition coefficient (Wildman–Crippen LogP) is 4.75. The van der Waals surface area contributed by atoms with E-state index in [1.54, 1.807) is 4.90 Å². The molecule has 2 aromatic carbocycles. The highest BCUT2D eigenvalue weighted by Gasteiger charge is 2.53. The van der Waals surface area contributed by atoms with Gasteiger partial charge in [0.05, 0.1) is 5.41 Å². The lowest BCUT2D eigenvalue weighted by atomic mass is 9.89. The second kappa shape index (κ2) is 7.78. The second-order valence-electron chi connectivity index (χ2n) is 9.28. The molecule has 1 amide bonds. The molecule has 0 spiro atoms. The Balaban J connectivity index is 1.41. The summed E-state index contributed by atoms with van der Waals surface area (Å²) in [7, 11) is 0. The first-order chi connectivity index (χ1) is 14.3. The molecule has 2 aromatic rings. The summed E-state index contributed by atoms with van der Waals surface area (Å²) in [4.78, 5) is 27.0. The topological polar surface area (TPSA) is 55.8 Å². The fourth-order valence-corrected chi connectivity index (χ4v) is 3.93. The van der Waals surface area contributed by atoms with Crippen molar-refractivity contribution in [1.82, 2.24) is 4.90 Å². The Morgan fingerprint density at radius 1 is 1.03 bits per heavy atom. The molecule has 1 fully saturated rings. The van der Waals surface area contributed by atoms with E-state index in [0.29, 0.717) is 13.1 Å². The number of esters is 1. The van der Waals surface area contributed by atoms with Crippen molar-refractivity contribution in [3.05, 3.63) is 70.8 Å². The van der Waals surface area contributed by atoms with E-state index >= 15 is 0 Å². The number of carbonyl (C=O) groups is 2. The normalized spacial score (nSPS) is 17.1. The molecule has 0 aromatic heterocycles. The molecule has 158 valence electrons. The Labute approximate surface area is 178 Å². The molecule has 4 rings (SSSR count). The van der Waals surface area contributed by atoms with Crippen molar-refractivity contribution < 1.29 is 19.1 Å². The zero-order valence-corrected chi connectivity index (χ0v) is 17.9. The number of hydrogen-bond acceptors (Lipinski definition) is 4. The van der Waals surface area contributed by atoms with Crippen LogP contribution in [0.1, 0.15) is 55.9 Å². The Morgan fingerprint density at radius 3 is 2.43 bits per heavy atom. The molecule has 5 nitrogen and oxygen atoms in total. The lowest BCUT2D eigenvalue weighted by molar-refractivity contribution is -0.158. The van der Waals surface area contributed by atoms with Crippen LogP contribution in [0.2, 0.25) is 0 Å². The van der Waals surface area contributed by atoms with E-state index in [2.05, 4.69) is 6.07 Å². The van der Waals surface area contributed by atoms with Crippen molar-refractivity contribution in [3.63, 3.8) is 0 Å². The number of carbonyl (C=O) groups excluding carboxylic acids is 2. The van der Waals surface area contributed by atoms with Gasteiger partial charge in [0.2, 0.25) is 0 Å². The van der Waals surface area contributed by atoms with E-state index in [-0.39, 0.29) is 18.7 Å². The van der Waals surface area contributed by atoms with Crippen molar-refractivity contribution in [2.75, 3.05) is 6.54 Å². The maximum absolute atomic E-state index is 12.8. The number of hydrogen-bond donors (Lipinski definition) is 0. The highest BCUT2D eigenvalue weighted by atomic mass is 16.6. The van der Waals surface area contributed by atoms with Gasteiger partial charge >= 0.3 is 12.1 Å². The summed E-state index contributed by atoms with van der Waals surface area (Å²) in [6.07, 6.45) is 2.13. The van der Waals surface area contributed by atoms with Crippen molar-refractivity contribution in [3.8, 4) is 0 Å². The molecule has 0 unspecified atom stereocenters. The first kappa shape index (κ1) is 20.5. The maximum Gasteiger partial charge on any atom is 0.410 e. The second-order valence-corrected chi connectivity index (χ2v) is 9.28. The molecular formula is C25H29NO4. The van der Waals surface area contributed by atoms with Gasteiger partial charge in [-0.15, -0.1) is 0 Å². The van der Waals surface area contributed by atoms with Crippen molar-refractivity contribution in [2.24, 2.45) is 0 Å². The molecule has 1 saturated carbocycles. The maximum atomic E-state index is 12.8. The minimum atomic E-state index is -0.492. The lowest BCUT2D eigenvalue weighted by Gasteiger charge is -2.29. The van der Waals surface area contributed by atoms with Crippen LogP contribution in [0.25, 0.3) is 0 Å². The van der Waals surface area contributed by atoms with E-state index in [9.17, 15) is 9.59 Å². The van der Waals surface area contributed by atoms with Gasteiger partial charge in [-0.25, -0.2) is 4.79 Å². The predicted molar refractivity (Wildman–Crippen MR) is 114 cm³/mol. The molecule has 2 aliphatic rings. The first-order valence-corrected chi connectivity index (χ1v) is 10.6. The summed E-state index contributed by atoms with van der Waals surface area (Å²) in [6.45, 7) is 7.13. The average Bonchev–Trinajstić information content (AvgIpc) is 3.53. The van der Waals surface area contributed by atoms with Crippen molar-refractivity contribution >= 4 is 12.1 Å². The van der Waals surface area contributed by atoms with Gasteiger partial charge in [0.1, 0.15) is 12.2 Å². The summed E-state index contributed by atoms with van der Waals surface area (Å²) in [5.74, 6) is -0.128.